The molecule has 1 heterocycles. The molecule has 0 aliphatic carbocycles. The third-order valence-electron chi connectivity index (χ3n) is 3.03. The number of pyridine rings is 1. The van der Waals surface area contributed by atoms with Crippen LogP contribution in [-0.4, -0.2) is 17.9 Å². The number of nitrogens with one attached hydrogen (secondary N) is 1. The Morgan fingerprint density at radius 1 is 1.30 bits per heavy atom. The van der Waals surface area contributed by atoms with Crippen LogP contribution in [0.5, 0.6) is 0 Å². The molecule has 2 aromatic rings. The highest BCUT2D eigenvalue weighted by Gasteiger charge is 2.13. The molecule has 0 atom stereocenters. The number of halogens is 1. The Labute approximate surface area is 123 Å². The maximum Gasteiger partial charge on any atom is 0.139 e. The van der Waals surface area contributed by atoms with E-state index in [1.165, 1.54) is 0 Å². The summed E-state index contributed by atoms with van der Waals surface area (Å²) in [5.41, 5.74) is 8.14. The van der Waals surface area contributed by atoms with E-state index in [1.807, 2.05) is 55.3 Å². The first-order valence-corrected chi connectivity index (χ1v) is 6.63. The van der Waals surface area contributed by atoms with Gasteiger partial charge in [-0.3, -0.25) is 5.41 Å². The maximum absolute atomic E-state index is 7.65. The average Bonchev–Trinajstić information content (AvgIpc) is 2.40. The zero-order chi connectivity index (χ0) is 14.7. The Morgan fingerprint density at radius 2 is 2.00 bits per heavy atom. The molecule has 3 N–H and O–H groups in total. The molecule has 0 amide bonds. The van der Waals surface area contributed by atoms with Gasteiger partial charge < -0.3 is 10.6 Å². The van der Waals surface area contributed by atoms with Crippen LogP contribution in [0.1, 0.15) is 16.8 Å². The number of nitrogens with two attached hydrogens (primary N) is 1. The van der Waals surface area contributed by atoms with E-state index in [1.54, 1.807) is 0 Å². The molecular weight excluding hydrogens is 272 g/mol. The van der Waals surface area contributed by atoms with Gasteiger partial charge in [0.25, 0.3) is 0 Å². The van der Waals surface area contributed by atoms with Crippen molar-refractivity contribution < 1.29 is 0 Å². The number of nitrogen functional groups attached to an aromatic ring is 1. The Hall–Kier alpha value is -2.07. The summed E-state index contributed by atoms with van der Waals surface area (Å²) in [6.45, 7) is 2.52. The molecule has 1 aromatic heterocycles. The van der Waals surface area contributed by atoms with E-state index in [2.05, 4.69) is 4.98 Å². The minimum atomic E-state index is 0.0125. The smallest absolute Gasteiger partial charge is 0.139 e. The van der Waals surface area contributed by atoms with E-state index in [0.717, 1.165) is 16.3 Å². The normalized spacial score (nSPS) is 10.3. The van der Waals surface area contributed by atoms with Gasteiger partial charge in [0.05, 0.1) is 5.56 Å². The molecule has 1 aromatic carbocycles. The number of nitrogens with zero attached hydrogens (tertiary/aromatic N) is 2. The number of hydrogen-bond donors (Lipinski definition) is 2. The van der Waals surface area contributed by atoms with Crippen molar-refractivity contribution in [3.63, 3.8) is 0 Å². The molecular formula is C15H17ClN4. The first-order chi connectivity index (χ1) is 9.49. The van der Waals surface area contributed by atoms with Gasteiger partial charge in [-0.25, -0.2) is 4.98 Å². The van der Waals surface area contributed by atoms with Crippen molar-refractivity contribution in [2.75, 3.05) is 11.9 Å². The van der Waals surface area contributed by atoms with Gasteiger partial charge in [-0.2, -0.15) is 0 Å². The number of hydrogen-bond acceptors (Lipinski definition) is 3. The summed E-state index contributed by atoms with van der Waals surface area (Å²) in [5.74, 6) is 0.705. The quantitative estimate of drug-likeness (QED) is 0.671. The lowest BCUT2D eigenvalue weighted by Gasteiger charge is -2.22. The number of anilines is 1. The molecule has 20 heavy (non-hydrogen) atoms. The molecule has 0 radical (unpaired) electrons. The minimum absolute atomic E-state index is 0.0125. The number of aromatic nitrogens is 1. The average molecular weight is 289 g/mol. The molecule has 0 bridgehead atoms. The van der Waals surface area contributed by atoms with Crippen molar-refractivity contribution in [3.8, 4) is 0 Å². The Balaban J connectivity index is 2.34. The number of rotatable bonds is 4. The summed E-state index contributed by atoms with van der Waals surface area (Å²) < 4.78 is 0. The van der Waals surface area contributed by atoms with E-state index >= 15 is 0 Å². The number of aryl methyl sites for hydroxylation is 1. The summed E-state index contributed by atoms with van der Waals surface area (Å²) in [6, 6.07) is 11.4. The lowest BCUT2D eigenvalue weighted by Crippen LogP contribution is -2.23. The first kappa shape index (κ1) is 14.3. The third-order valence-corrected chi connectivity index (χ3v) is 3.40. The lowest BCUT2D eigenvalue weighted by atomic mass is 10.1. The SMILES string of the molecule is Cc1ccc(C(=N)N)c(N(C)Cc2ccccc2Cl)n1. The van der Waals surface area contributed by atoms with Crippen LogP contribution in [0.15, 0.2) is 36.4 Å². The van der Waals surface area contributed by atoms with Crippen LogP contribution >= 0.6 is 11.6 Å². The predicted molar refractivity (Wildman–Crippen MR) is 83.5 cm³/mol. The van der Waals surface area contributed by atoms with Crippen LogP contribution in [0.3, 0.4) is 0 Å². The van der Waals surface area contributed by atoms with Crippen molar-refractivity contribution in [2.24, 2.45) is 5.73 Å². The molecule has 104 valence electrons. The van der Waals surface area contributed by atoms with Crippen molar-refractivity contribution in [1.29, 1.82) is 5.41 Å². The summed E-state index contributed by atoms with van der Waals surface area (Å²) in [5, 5.41) is 8.37. The van der Waals surface area contributed by atoms with Gasteiger partial charge in [0, 0.05) is 24.3 Å². The molecule has 0 fully saturated rings. The molecule has 0 aliphatic rings. The Kier molecular flexibility index (Phi) is 4.25. The van der Waals surface area contributed by atoms with E-state index in [0.29, 0.717) is 17.9 Å². The Morgan fingerprint density at radius 3 is 2.65 bits per heavy atom. The van der Waals surface area contributed by atoms with Crippen LogP contribution in [0.2, 0.25) is 5.02 Å². The van der Waals surface area contributed by atoms with Crippen molar-refractivity contribution in [2.45, 2.75) is 13.5 Å². The zero-order valence-electron chi connectivity index (χ0n) is 11.5. The van der Waals surface area contributed by atoms with E-state index in [9.17, 15) is 0 Å². The summed E-state index contributed by atoms with van der Waals surface area (Å²) in [4.78, 5) is 6.43. The van der Waals surface area contributed by atoms with Crippen LogP contribution in [-0.2, 0) is 6.54 Å². The highest BCUT2D eigenvalue weighted by atomic mass is 35.5. The minimum Gasteiger partial charge on any atom is -0.384 e. The molecule has 2 rings (SSSR count). The molecule has 5 heteroatoms. The maximum atomic E-state index is 7.65. The summed E-state index contributed by atoms with van der Waals surface area (Å²) in [7, 11) is 1.91. The monoisotopic (exact) mass is 288 g/mol. The molecule has 0 saturated carbocycles. The number of amidine groups is 1. The fourth-order valence-electron chi connectivity index (χ4n) is 2.00. The van der Waals surface area contributed by atoms with E-state index < -0.39 is 0 Å². The van der Waals surface area contributed by atoms with Crippen LogP contribution in [0.4, 0.5) is 5.82 Å². The van der Waals surface area contributed by atoms with Crippen LogP contribution in [0, 0.1) is 12.3 Å². The second kappa shape index (κ2) is 5.92. The molecule has 4 nitrogen and oxygen atoms in total. The van der Waals surface area contributed by atoms with Gasteiger partial charge >= 0.3 is 0 Å². The van der Waals surface area contributed by atoms with Crippen molar-refractivity contribution in [3.05, 3.63) is 58.2 Å². The van der Waals surface area contributed by atoms with Gasteiger partial charge in [-0.15, -0.1) is 0 Å². The highest BCUT2D eigenvalue weighted by molar-refractivity contribution is 6.31. The van der Waals surface area contributed by atoms with Crippen LogP contribution < -0.4 is 10.6 Å². The first-order valence-electron chi connectivity index (χ1n) is 6.25. The molecule has 0 aliphatic heterocycles. The van der Waals surface area contributed by atoms with Crippen LogP contribution in [0.25, 0.3) is 0 Å². The van der Waals surface area contributed by atoms with Crippen molar-refractivity contribution >= 4 is 23.3 Å². The fourth-order valence-corrected chi connectivity index (χ4v) is 2.20. The highest BCUT2D eigenvalue weighted by Crippen LogP contribution is 2.22. The molecule has 0 unspecified atom stereocenters. The van der Waals surface area contributed by atoms with E-state index in [4.69, 9.17) is 22.7 Å². The molecule has 0 spiro atoms. The Bertz CT molecular complexity index is 640. The lowest BCUT2D eigenvalue weighted by molar-refractivity contribution is 0.890. The number of benzene rings is 1. The van der Waals surface area contributed by atoms with Gasteiger partial charge in [-0.1, -0.05) is 29.8 Å². The third kappa shape index (κ3) is 3.08. The fraction of sp³-hybridized carbons (Fsp3) is 0.200. The molecule has 0 saturated heterocycles. The second-order valence-corrected chi connectivity index (χ2v) is 5.09. The standard InChI is InChI=1S/C15H17ClN4/c1-10-7-8-12(14(17)18)15(19-10)20(2)9-11-5-3-4-6-13(11)16/h3-8H,9H2,1-2H3,(H3,17,18). The summed E-state index contributed by atoms with van der Waals surface area (Å²) in [6.07, 6.45) is 0. The van der Waals surface area contributed by atoms with Gasteiger partial charge in [0.15, 0.2) is 0 Å². The topological polar surface area (TPSA) is 66.0 Å². The summed E-state index contributed by atoms with van der Waals surface area (Å²) >= 11 is 6.18. The predicted octanol–water partition coefficient (Wildman–Crippen LogP) is 2.96. The largest absolute Gasteiger partial charge is 0.384 e. The van der Waals surface area contributed by atoms with Gasteiger partial charge in [0.1, 0.15) is 11.7 Å². The van der Waals surface area contributed by atoms with Gasteiger partial charge in [-0.05, 0) is 30.7 Å². The van der Waals surface area contributed by atoms with E-state index in [-0.39, 0.29) is 5.84 Å². The van der Waals surface area contributed by atoms with Crippen molar-refractivity contribution in [1.82, 2.24) is 4.98 Å². The van der Waals surface area contributed by atoms with Gasteiger partial charge in [0.2, 0.25) is 0 Å². The second-order valence-electron chi connectivity index (χ2n) is 4.68. The zero-order valence-corrected chi connectivity index (χ0v) is 12.3.